The number of nitrogens with zero attached hydrogens (tertiary/aromatic N) is 4. The minimum atomic E-state index is -1.03. The van der Waals surface area contributed by atoms with Crippen molar-refractivity contribution in [1.29, 1.82) is 5.26 Å². The van der Waals surface area contributed by atoms with Crippen LogP contribution in [0.5, 0.6) is 0 Å². The van der Waals surface area contributed by atoms with Gasteiger partial charge in [-0.05, 0) is 36.8 Å². The molecule has 0 radical (unpaired) electrons. The van der Waals surface area contributed by atoms with E-state index in [9.17, 15) is 14.9 Å². The number of carbonyl (C=O) groups excluding carboxylic acids is 2. The average Bonchev–Trinajstić information content (AvgIpc) is 3.35. The van der Waals surface area contributed by atoms with Crippen molar-refractivity contribution in [3.05, 3.63) is 57.3 Å². The van der Waals surface area contributed by atoms with Crippen molar-refractivity contribution in [3.8, 4) is 6.07 Å². The first-order chi connectivity index (χ1) is 19.1. The number of nitrogens with one attached hydrogen (secondary N) is 1. The lowest BCUT2D eigenvalue weighted by atomic mass is 9.68. The predicted octanol–water partition coefficient (Wildman–Crippen LogP) is 5.81. The molecule has 1 aromatic heterocycles. The standard InChI is InChI=1S/C28H30ClFN6O2S2/c1-28(2)11-19-24(20(37)12-28)22(23-17(29)9-6-10-18(23)30)16(13-31)25(32)36(19)26-34-35-27(40-26)39-14-21(38)33-15-7-4-3-5-8-15/h6,9-10,15,22H,3-5,7-8,11-12,14,32H2,1-2H3,(H,33,38). The van der Waals surface area contributed by atoms with Crippen LogP contribution in [0.4, 0.5) is 9.52 Å². The van der Waals surface area contributed by atoms with Crippen molar-refractivity contribution in [1.82, 2.24) is 15.5 Å². The Morgan fingerprint density at radius 1 is 1.30 bits per heavy atom. The molecule has 1 aromatic carbocycles. The highest BCUT2D eigenvalue weighted by molar-refractivity contribution is 8.01. The van der Waals surface area contributed by atoms with Gasteiger partial charge in [0, 0.05) is 34.3 Å². The Balaban J connectivity index is 1.49. The molecular weight excluding hydrogens is 571 g/mol. The predicted molar refractivity (Wildman–Crippen MR) is 154 cm³/mol. The van der Waals surface area contributed by atoms with Crippen molar-refractivity contribution in [2.45, 2.75) is 75.1 Å². The number of amides is 1. The number of Topliss-reactive ketones (excluding diaryl/α,β-unsaturated/α-hetero) is 1. The Kier molecular flexibility index (Phi) is 8.22. The lowest BCUT2D eigenvalue weighted by Crippen LogP contribution is -2.42. The monoisotopic (exact) mass is 600 g/mol. The zero-order chi connectivity index (χ0) is 28.6. The number of anilines is 1. The van der Waals surface area contributed by atoms with E-state index in [-0.39, 0.29) is 51.9 Å². The van der Waals surface area contributed by atoms with E-state index in [2.05, 4.69) is 21.6 Å². The summed E-state index contributed by atoms with van der Waals surface area (Å²) in [5, 5.41) is 22.4. The van der Waals surface area contributed by atoms with Gasteiger partial charge in [-0.2, -0.15) is 5.26 Å². The van der Waals surface area contributed by atoms with Crippen molar-refractivity contribution in [3.63, 3.8) is 0 Å². The lowest BCUT2D eigenvalue weighted by Gasteiger charge is -2.42. The number of nitriles is 1. The first kappa shape index (κ1) is 28.6. The number of rotatable bonds is 6. The Bertz CT molecular complexity index is 1440. The van der Waals surface area contributed by atoms with Crippen LogP contribution in [0.1, 0.15) is 70.3 Å². The highest BCUT2D eigenvalue weighted by atomic mass is 35.5. The van der Waals surface area contributed by atoms with Crippen LogP contribution in [-0.4, -0.2) is 33.7 Å². The van der Waals surface area contributed by atoms with Gasteiger partial charge in [0.15, 0.2) is 10.1 Å². The second kappa shape index (κ2) is 11.5. The lowest BCUT2D eigenvalue weighted by molar-refractivity contribution is -0.119. The maximum atomic E-state index is 15.2. The number of ketones is 1. The van der Waals surface area contributed by atoms with E-state index in [1.165, 1.54) is 47.7 Å². The van der Waals surface area contributed by atoms with Gasteiger partial charge in [-0.1, -0.05) is 73.9 Å². The first-order valence-electron chi connectivity index (χ1n) is 13.3. The summed E-state index contributed by atoms with van der Waals surface area (Å²) >= 11 is 8.93. The third-order valence-electron chi connectivity index (χ3n) is 7.55. The number of halogens is 2. The van der Waals surface area contributed by atoms with Gasteiger partial charge >= 0.3 is 0 Å². The van der Waals surface area contributed by atoms with Gasteiger partial charge in [0.25, 0.3) is 0 Å². The minimum Gasteiger partial charge on any atom is -0.384 e. The number of carbonyl (C=O) groups is 2. The molecule has 3 N–H and O–H groups in total. The van der Waals surface area contributed by atoms with Gasteiger partial charge in [0.2, 0.25) is 11.0 Å². The third kappa shape index (κ3) is 5.62. The summed E-state index contributed by atoms with van der Waals surface area (Å²) in [6.07, 6.45) is 6.17. The molecule has 0 saturated heterocycles. The molecule has 8 nitrogen and oxygen atoms in total. The summed E-state index contributed by atoms with van der Waals surface area (Å²) in [6, 6.07) is 6.61. The molecule has 3 aliphatic rings. The Morgan fingerprint density at radius 3 is 2.75 bits per heavy atom. The fourth-order valence-corrected chi connectivity index (χ4v) is 7.76. The van der Waals surface area contributed by atoms with Gasteiger partial charge < -0.3 is 11.1 Å². The molecule has 2 heterocycles. The molecule has 1 fully saturated rings. The summed E-state index contributed by atoms with van der Waals surface area (Å²) in [4.78, 5) is 27.7. The second-order valence-corrected chi connectivity index (χ2v) is 13.7. The van der Waals surface area contributed by atoms with E-state index >= 15 is 4.39 Å². The van der Waals surface area contributed by atoms with Gasteiger partial charge in [0.1, 0.15) is 11.6 Å². The first-order valence-corrected chi connectivity index (χ1v) is 15.4. The molecule has 2 aromatic rings. The van der Waals surface area contributed by atoms with Crippen molar-refractivity contribution in [2.75, 3.05) is 10.7 Å². The topological polar surface area (TPSA) is 125 Å². The summed E-state index contributed by atoms with van der Waals surface area (Å²) in [5.74, 6) is -1.63. The largest absolute Gasteiger partial charge is 0.384 e. The molecule has 12 heteroatoms. The zero-order valence-electron chi connectivity index (χ0n) is 22.3. The van der Waals surface area contributed by atoms with Crippen LogP contribution in [-0.2, 0) is 9.59 Å². The Morgan fingerprint density at radius 2 is 2.05 bits per heavy atom. The van der Waals surface area contributed by atoms with Crippen molar-refractivity contribution < 1.29 is 14.0 Å². The fraction of sp³-hybridized carbons (Fsp3) is 0.464. The van der Waals surface area contributed by atoms with Gasteiger partial charge in [-0.25, -0.2) is 4.39 Å². The third-order valence-corrected chi connectivity index (χ3v) is 9.92. The van der Waals surface area contributed by atoms with Crippen LogP contribution in [0, 0.1) is 22.6 Å². The van der Waals surface area contributed by atoms with Crippen molar-refractivity contribution in [2.24, 2.45) is 11.1 Å². The molecule has 0 bridgehead atoms. The number of allylic oxidation sites excluding steroid dienone is 3. The molecular formula is C28H30ClFN6O2S2. The molecule has 1 saturated carbocycles. The summed E-state index contributed by atoms with van der Waals surface area (Å²) in [5.41, 5.74) is 7.15. The number of nitrogens with two attached hydrogens (primary N) is 1. The van der Waals surface area contributed by atoms with Crippen LogP contribution >= 0.6 is 34.7 Å². The SMILES string of the molecule is CC1(C)CC(=O)C2=C(C1)N(c1nnc(SCC(=O)NC3CCCCC3)s1)C(N)=C(C#N)C2c1c(F)cccc1Cl. The number of hydrogen-bond donors (Lipinski definition) is 2. The minimum absolute atomic E-state index is 0.0232. The normalized spacial score (nSPS) is 21.3. The van der Waals surface area contributed by atoms with Crippen LogP contribution in [0.15, 0.2) is 45.2 Å². The number of benzene rings is 1. The number of thioether (sulfide) groups is 1. The Hall–Kier alpha value is -2.94. The molecule has 210 valence electrons. The van der Waals surface area contributed by atoms with E-state index < -0.39 is 17.2 Å². The maximum absolute atomic E-state index is 15.2. The molecule has 40 heavy (non-hydrogen) atoms. The van der Waals surface area contributed by atoms with Crippen LogP contribution in [0.2, 0.25) is 5.02 Å². The van der Waals surface area contributed by atoms with Crippen LogP contribution in [0.3, 0.4) is 0 Å². The summed E-state index contributed by atoms with van der Waals surface area (Å²) in [6.45, 7) is 3.95. The molecule has 0 spiro atoms. The zero-order valence-corrected chi connectivity index (χ0v) is 24.7. The van der Waals surface area contributed by atoms with Gasteiger partial charge in [-0.3, -0.25) is 14.5 Å². The second-order valence-electron chi connectivity index (χ2n) is 11.2. The van der Waals surface area contributed by atoms with Crippen LogP contribution in [0.25, 0.3) is 0 Å². The van der Waals surface area contributed by atoms with E-state index in [1.807, 2.05) is 13.8 Å². The smallest absolute Gasteiger partial charge is 0.230 e. The van der Waals surface area contributed by atoms with Gasteiger partial charge in [-0.15, -0.1) is 10.2 Å². The summed E-state index contributed by atoms with van der Waals surface area (Å²) in [7, 11) is 0. The Labute approximate surface area is 245 Å². The molecule has 1 aliphatic heterocycles. The molecule has 1 amide bonds. The quantitative estimate of drug-likeness (QED) is 0.398. The van der Waals surface area contributed by atoms with Crippen LogP contribution < -0.4 is 16.0 Å². The number of aromatic nitrogens is 2. The van der Waals surface area contributed by atoms with Gasteiger partial charge in [0.05, 0.1) is 23.3 Å². The highest BCUT2D eigenvalue weighted by Gasteiger charge is 2.46. The van der Waals surface area contributed by atoms with E-state index in [4.69, 9.17) is 17.3 Å². The van der Waals surface area contributed by atoms with E-state index in [0.717, 1.165) is 25.7 Å². The summed E-state index contributed by atoms with van der Waals surface area (Å²) < 4.78 is 15.7. The molecule has 5 rings (SSSR count). The molecule has 1 unspecified atom stereocenters. The highest BCUT2D eigenvalue weighted by Crippen LogP contribution is 2.52. The van der Waals surface area contributed by atoms with Crippen molar-refractivity contribution >= 4 is 51.5 Å². The van der Waals surface area contributed by atoms with E-state index in [1.54, 1.807) is 4.90 Å². The average molecular weight is 601 g/mol. The fourth-order valence-electron chi connectivity index (χ4n) is 5.80. The molecule has 2 aliphatic carbocycles. The number of hydrogen-bond acceptors (Lipinski definition) is 9. The maximum Gasteiger partial charge on any atom is 0.230 e. The molecule has 1 atom stereocenters. The van der Waals surface area contributed by atoms with E-state index in [0.29, 0.717) is 27.2 Å².